The highest BCUT2D eigenvalue weighted by Crippen LogP contribution is 2.33. The number of benzene rings is 1. The van der Waals surface area contributed by atoms with E-state index in [2.05, 4.69) is 47.2 Å². The van der Waals surface area contributed by atoms with Gasteiger partial charge in [-0.05, 0) is 26.8 Å². The zero-order chi connectivity index (χ0) is 16.7. The molecule has 5 heteroatoms. The largest absolute Gasteiger partial charge is 0.360 e. The zero-order valence-corrected chi connectivity index (χ0v) is 14.6. The van der Waals surface area contributed by atoms with Crippen molar-refractivity contribution in [3.05, 3.63) is 65.0 Å². The molecule has 1 aromatic carbocycles. The first-order chi connectivity index (χ1) is 11.6. The van der Waals surface area contributed by atoms with Crippen LogP contribution < -0.4 is 0 Å². The second kappa shape index (κ2) is 5.76. The first-order valence-electron chi connectivity index (χ1n) is 7.77. The molecule has 24 heavy (non-hydrogen) atoms. The minimum absolute atomic E-state index is 0.805. The second-order valence-electron chi connectivity index (χ2n) is 5.82. The molecule has 0 N–H and O–H groups in total. The lowest BCUT2D eigenvalue weighted by molar-refractivity contribution is 0.394. The molecule has 0 atom stereocenters. The first-order valence-corrected chi connectivity index (χ1v) is 8.65. The van der Waals surface area contributed by atoms with Gasteiger partial charge in [0.05, 0.1) is 5.69 Å². The molecule has 0 saturated carbocycles. The number of hydrogen-bond donors (Lipinski definition) is 0. The van der Waals surface area contributed by atoms with E-state index in [1.54, 1.807) is 11.3 Å². The Bertz CT molecular complexity index is 995. The van der Waals surface area contributed by atoms with Crippen molar-refractivity contribution in [2.24, 2.45) is 0 Å². The topological polar surface area (TPSA) is 43.9 Å². The van der Waals surface area contributed by atoms with Gasteiger partial charge in [0.25, 0.3) is 0 Å². The van der Waals surface area contributed by atoms with Crippen LogP contribution in [0.4, 0.5) is 0 Å². The van der Waals surface area contributed by atoms with E-state index in [-0.39, 0.29) is 0 Å². The van der Waals surface area contributed by atoms with Crippen molar-refractivity contribution < 1.29 is 4.52 Å². The average Bonchev–Trinajstić information content (AvgIpc) is 3.28. The summed E-state index contributed by atoms with van der Waals surface area (Å²) < 4.78 is 7.33. The third-order valence-electron chi connectivity index (χ3n) is 4.08. The minimum atomic E-state index is 0.805. The normalized spacial score (nSPS) is 11.1. The van der Waals surface area contributed by atoms with Gasteiger partial charge in [-0.2, -0.15) is 0 Å². The van der Waals surface area contributed by atoms with Crippen molar-refractivity contribution in [3.63, 3.8) is 0 Å². The van der Waals surface area contributed by atoms with Crippen LogP contribution in [0, 0.1) is 20.8 Å². The molecule has 4 aromatic rings. The fraction of sp³-hybridized carbons (Fsp3) is 0.158. The summed E-state index contributed by atoms with van der Waals surface area (Å²) in [6, 6.07) is 14.4. The molecule has 4 rings (SSSR count). The van der Waals surface area contributed by atoms with E-state index in [0.717, 1.165) is 44.8 Å². The molecular formula is C19H17N3OS. The summed E-state index contributed by atoms with van der Waals surface area (Å²) in [4.78, 5) is 4.83. The number of rotatable bonds is 3. The third-order valence-corrected chi connectivity index (χ3v) is 4.97. The highest BCUT2D eigenvalue weighted by atomic mass is 32.1. The van der Waals surface area contributed by atoms with Gasteiger partial charge in [0, 0.05) is 34.0 Å². The number of aryl methyl sites for hydroxylation is 2. The molecule has 0 spiro atoms. The molecule has 0 aliphatic heterocycles. The standard InChI is InChI=1S/C19H17N3OS/c1-12-9-16(14(3)22(12)18-10-13(2)23-21-18)17-11-24-19(20-17)15-7-5-4-6-8-15/h4-11H,1-3H3. The predicted octanol–water partition coefficient (Wildman–Crippen LogP) is 5.18. The van der Waals surface area contributed by atoms with Crippen molar-refractivity contribution in [1.29, 1.82) is 0 Å². The molecule has 0 bridgehead atoms. The Morgan fingerprint density at radius 1 is 1.04 bits per heavy atom. The summed E-state index contributed by atoms with van der Waals surface area (Å²) in [7, 11) is 0. The lowest BCUT2D eigenvalue weighted by Crippen LogP contribution is -1.99. The van der Waals surface area contributed by atoms with E-state index in [4.69, 9.17) is 9.51 Å². The minimum Gasteiger partial charge on any atom is -0.360 e. The summed E-state index contributed by atoms with van der Waals surface area (Å²) in [6.45, 7) is 6.07. The number of hydrogen-bond acceptors (Lipinski definition) is 4. The SMILES string of the molecule is Cc1cc(-n2c(C)cc(-c3csc(-c4ccccc4)n3)c2C)no1. The monoisotopic (exact) mass is 335 g/mol. The number of nitrogens with zero attached hydrogens (tertiary/aromatic N) is 3. The maximum absolute atomic E-state index is 5.22. The Morgan fingerprint density at radius 2 is 1.83 bits per heavy atom. The number of thiazole rings is 1. The zero-order valence-electron chi connectivity index (χ0n) is 13.8. The number of aromatic nitrogens is 3. The molecule has 0 aliphatic rings. The van der Waals surface area contributed by atoms with Crippen molar-refractivity contribution in [3.8, 4) is 27.6 Å². The molecule has 0 saturated heterocycles. The third kappa shape index (κ3) is 2.47. The van der Waals surface area contributed by atoms with Gasteiger partial charge in [0.15, 0.2) is 5.82 Å². The van der Waals surface area contributed by atoms with Crippen molar-refractivity contribution in [2.75, 3.05) is 0 Å². The summed E-state index contributed by atoms with van der Waals surface area (Å²) >= 11 is 1.67. The van der Waals surface area contributed by atoms with Crippen LogP contribution >= 0.6 is 11.3 Å². The first kappa shape index (κ1) is 14.9. The van der Waals surface area contributed by atoms with Crippen LogP contribution in [-0.4, -0.2) is 14.7 Å². The van der Waals surface area contributed by atoms with Crippen LogP contribution in [0.3, 0.4) is 0 Å². The van der Waals surface area contributed by atoms with Crippen LogP contribution in [0.2, 0.25) is 0 Å². The Balaban J connectivity index is 1.77. The Hall–Kier alpha value is -2.66. The van der Waals surface area contributed by atoms with Gasteiger partial charge in [0.1, 0.15) is 10.8 Å². The quantitative estimate of drug-likeness (QED) is 0.518. The summed E-state index contributed by atoms with van der Waals surface area (Å²) in [6.07, 6.45) is 0. The van der Waals surface area contributed by atoms with E-state index in [9.17, 15) is 0 Å². The molecule has 0 radical (unpaired) electrons. The molecule has 3 heterocycles. The molecular weight excluding hydrogens is 318 g/mol. The molecule has 0 aliphatic carbocycles. The molecule has 0 unspecified atom stereocenters. The van der Waals surface area contributed by atoms with Crippen molar-refractivity contribution in [2.45, 2.75) is 20.8 Å². The van der Waals surface area contributed by atoms with Gasteiger partial charge in [-0.3, -0.25) is 4.57 Å². The van der Waals surface area contributed by atoms with Crippen LogP contribution in [-0.2, 0) is 0 Å². The highest BCUT2D eigenvalue weighted by Gasteiger charge is 2.17. The summed E-state index contributed by atoms with van der Waals surface area (Å²) in [5, 5.41) is 7.29. The van der Waals surface area contributed by atoms with Gasteiger partial charge in [-0.1, -0.05) is 35.5 Å². The lowest BCUT2D eigenvalue weighted by Gasteiger charge is -2.04. The molecule has 0 fully saturated rings. The molecule has 3 aromatic heterocycles. The van der Waals surface area contributed by atoms with Gasteiger partial charge < -0.3 is 4.52 Å². The highest BCUT2D eigenvalue weighted by molar-refractivity contribution is 7.13. The van der Waals surface area contributed by atoms with Crippen molar-refractivity contribution >= 4 is 11.3 Å². The van der Waals surface area contributed by atoms with Gasteiger partial charge >= 0.3 is 0 Å². The molecule has 4 nitrogen and oxygen atoms in total. The maximum Gasteiger partial charge on any atom is 0.180 e. The van der Waals surface area contributed by atoms with E-state index in [1.165, 1.54) is 0 Å². The van der Waals surface area contributed by atoms with E-state index < -0.39 is 0 Å². The predicted molar refractivity (Wildman–Crippen MR) is 96.6 cm³/mol. The smallest absolute Gasteiger partial charge is 0.180 e. The van der Waals surface area contributed by atoms with Gasteiger partial charge in [0.2, 0.25) is 0 Å². The molecule has 0 amide bonds. The summed E-state index contributed by atoms with van der Waals surface area (Å²) in [5.74, 6) is 1.62. The second-order valence-corrected chi connectivity index (χ2v) is 6.68. The van der Waals surface area contributed by atoms with Crippen LogP contribution in [0.15, 0.2) is 52.4 Å². The van der Waals surface area contributed by atoms with Crippen LogP contribution in [0.5, 0.6) is 0 Å². The van der Waals surface area contributed by atoms with Gasteiger partial charge in [-0.15, -0.1) is 11.3 Å². The van der Waals surface area contributed by atoms with E-state index in [1.807, 2.05) is 31.2 Å². The average molecular weight is 335 g/mol. The Morgan fingerprint density at radius 3 is 2.54 bits per heavy atom. The lowest BCUT2D eigenvalue weighted by atomic mass is 10.2. The summed E-state index contributed by atoms with van der Waals surface area (Å²) in [5.41, 5.74) is 5.51. The molecule has 120 valence electrons. The van der Waals surface area contributed by atoms with E-state index in [0.29, 0.717) is 0 Å². The maximum atomic E-state index is 5.22. The Kier molecular flexibility index (Phi) is 3.58. The van der Waals surface area contributed by atoms with Gasteiger partial charge in [-0.25, -0.2) is 4.98 Å². The van der Waals surface area contributed by atoms with Crippen LogP contribution in [0.1, 0.15) is 17.1 Å². The van der Waals surface area contributed by atoms with Crippen LogP contribution in [0.25, 0.3) is 27.6 Å². The Labute approximate surface area is 144 Å². The fourth-order valence-electron chi connectivity index (χ4n) is 2.94. The van der Waals surface area contributed by atoms with Crippen molar-refractivity contribution in [1.82, 2.24) is 14.7 Å². The fourth-order valence-corrected chi connectivity index (χ4v) is 3.77. The van der Waals surface area contributed by atoms with E-state index >= 15 is 0 Å².